The summed E-state index contributed by atoms with van der Waals surface area (Å²) >= 11 is 0. The zero-order valence-corrected chi connectivity index (χ0v) is 14.5. The fourth-order valence-electron chi connectivity index (χ4n) is 3.30. The number of nitrogens with zero attached hydrogens (tertiary/aromatic N) is 2. The number of rotatable bonds is 6. The summed E-state index contributed by atoms with van der Waals surface area (Å²) in [4.78, 5) is 11.1. The smallest absolute Gasteiger partial charge is 0.239 e. The minimum atomic E-state index is -0.357. The number of hydrogen-bond donors (Lipinski definition) is 2. The van der Waals surface area contributed by atoms with Crippen LogP contribution in [-0.4, -0.2) is 15.7 Å². The first-order valence-corrected chi connectivity index (χ1v) is 8.69. The van der Waals surface area contributed by atoms with Crippen LogP contribution in [0.4, 0.5) is 0 Å². The van der Waals surface area contributed by atoms with E-state index in [0.717, 1.165) is 31.5 Å². The summed E-state index contributed by atoms with van der Waals surface area (Å²) < 4.78 is 1.67. The maximum Gasteiger partial charge on any atom is 0.239 e. The van der Waals surface area contributed by atoms with Gasteiger partial charge in [-0.3, -0.25) is 9.48 Å². The molecule has 0 aliphatic heterocycles. The van der Waals surface area contributed by atoms with Gasteiger partial charge in [0.1, 0.15) is 6.54 Å². The highest BCUT2D eigenvalue weighted by atomic mass is 16.1. The second-order valence-electron chi connectivity index (χ2n) is 6.93. The molecule has 1 amide bonds. The highest BCUT2D eigenvalue weighted by Gasteiger charge is 2.23. The van der Waals surface area contributed by atoms with Gasteiger partial charge in [0.25, 0.3) is 0 Å². The van der Waals surface area contributed by atoms with Crippen molar-refractivity contribution in [1.82, 2.24) is 15.1 Å². The van der Waals surface area contributed by atoms with E-state index in [-0.39, 0.29) is 18.5 Å². The summed E-state index contributed by atoms with van der Waals surface area (Å²) in [7, 11) is 0. The van der Waals surface area contributed by atoms with E-state index in [0.29, 0.717) is 5.92 Å². The Bertz CT molecular complexity index is 703. The topological polar surface area (TPSA) is 72.9 Å². The zero-order valence-electron chi connectivity index (χ0n) is 14.5. The standard InChI is InChI=1S/C19H26N4O/c1-13(2)15-8-6-14(7-9-15)10-21-17-5-3-4-16-11-23(12-18(20)24)22-19(16)17/h6-9,11,13,17,21H,3-5,10,12H2,1-2H3,(H2,20,24)/t17-/m0/s1. The third-order valence-electron chi connectivity index (χ3n) is 4.66. The molecule has 0 saturated carbocycles. The van der Waals surface area contributed by atoms with Crippen molar-refractivity contribution in [2.24, 2.45) is 5.73 Å². The number of aryl methyl sites for hydroxylation is 1. The molecule has 0 fully saturated rings. The normalized spacial score (nSPS) is 17.0. The molecule has 24 heavy (non-hydrogen) atoms. The van der Waals surface area contributed by atoms with Crippen molar-refractivity contribution in [2.75, 3.05) is 0 Å². The van der Waals surface area contributed by atoms with Gasteiger partial charge in [-0.1, -0.05) is 38.1 Å². The fourth-order valence-corrected chi connectivity index (χ4v) is 3.30. The van der Waals surface area contributed by atoms with Crippen LogP contribution in [0.1, 0.15) is 61.0 Å². The number of fused-ring (bicyclic) bond motifs is 1. The molecule has 0 saturated heterocycles. The van der Waals surface area contributed by atoms with Gasteiger partial charge in [-0.2, -0.15) is 5.10 Å². The van der Waals surface area contributed by atoms with Gasteiger partial charge in [0.05, 0.1) is 11.7 Å². The number of benzene rings is 1. The second kappa shape index (κ2) is 7.18. The van der Waals surface area contributed by atoms with E-state index in [1.807, 2.05) is 6.20 Å². The summed E-state index contributed by atoms with van der Waals surface area (Å²) in [6.45, 7) is 5.39. The van der Waals surface area contributed by atoms with Gasteiger partial charge in [-0.05, 0) is 41.9 Å². The van der Waals surface area contributed by atoms with Crippen LogP contribution in [0.5, 0.6) is 0 Å². The van der Waals surface area contributed by atoms with Crippen molar-refractivity contribution < 1.29 is 4.79 Å². The first-order valence-electron chi connectivity index (χ1n) is 8.69. The lowest BCUT2D eigenvalue weighted by Crippen LogP contribution is -2.25. The molecule has 1 aromatic carbocycles. The molecule has 0 radical (unpaired) electrons. The number of carbonyl (C=O) groups excluding carboxylic acids is 1. The van der Waals surface area contributed by atoms with Gasteiger partial charge in [-0.15, -0.1) is 0 Å². The SMILES string of the molecule is CC(C)c1ccc(CN[C@H]2CCCc3cn(CC(N)=O)nc32)cc1. The van der Waals surface area contributed by atoms with Crippen LogP contribution < -0.4 is 11.1 Å². The molecule has 2 aromatic rings. The summed E-state index contributed by atoms with van der Waals surface area (Å²) in [6.07, 6.45) is 5.20. The number of nitrogens with one attached hydrogen (secondary N) is 1. The van der Waals surface area contributed by atoms with Gasteiger partial charge < -0.3 is 11.1 Å². The maximum atomic E-state index is 11.1. The monoisotopic (exact) mass is 326 g/mol. The minimum absolute atomic E-state index is 0.149. The second-order valence-corrected chi connectivity index (χ2v) is 6.93. The number of aromatic nitrogens is 2. The number of carbonyl (C=O) groups is 1. The molecule has 128 valence electrons. The number of nitrogens with two attached hydrogens (primary N) is 1. The van der Waals surface area contributed by atoms with E-state index in [9.17, 15) is 4.79 Å². The van der Waals surface area contributed by atoms with Gasteiger partial charge in [0.15, 0.2) is 0 Å². The Labute approximate surface area is 143 Å². The Balaban J connectivity index is 1.66. The highest BCUT2D eigenvalue weighted by Crippen LogP contribution is 2.28. The van der Waals surface area contributed by atoms with Crippen LogP contribution >= 0.6 is 0 Å². The van der Waals surface area contributed by atoms with Crippen LogP contribution in [0.2, 0.25) is 0 Å². The first-order chi connectivity index (χ1) is 11.5. The lowest BCUT2D eigenvalue weighted by atomic mass is 9.93. The Morgan fingerprint density at radius 2 is 2.12 bits per heavy atom. The molecule has 3 rings (SSSR count). The van der Waals surface area contributed by atoms with E-state index in [1.165, 1.54) is 16.7 Å². The van der Waals surface area contributed by atoms with Crippen LogP contribution in [0, 0.1) is 0 Å². The summed E-state index contributed by atoms with van der Waals surface area (Å²) in [6, 6.07) is 9.04. The predicted molar refractivity (Wildman–Crippen MR) is 94.5 cm³/mol. The van der Waals surface area contributed by atoms with Gasteiger partial charge in [0, 0.05) is 12.7 Å². The van der Waals surface area contributed by atoms with E-state index < -0.39 is 0 Å². The number of primary amides is 1. The molecule has 0 unspecified atom stereocenters. The lowest BCUT2D eigenvalue weighted by Gasteiger charge is -2.22. The quantitative estimate of drug-likeness (QED) is 0.857. The van der Waals surface area contributed by atoms with Crippen LogP contribution in [0.15, 0.2) is 30.5 Å². The molecular formula is C19H26N4O. The summed E-state index contributed by atoms with van der Waals surface area (Å²) in [5, 5.41) is 8.19. The summed E-state index contributed by atoms with van der Waals surface area (Å²) in [5.41, 5.74) is 10.2. The van der Waals surface area contributed by atoms with Crippen molar-refractivity contribution in [3.8, 4) is 0 Å². The molecule has 0 bridgehead atoms. The van der Waals surface area contributed by atoms with Crippen molar-refractivity contribution in [1.29, 1.82) is 0 Å². The van der Waals surface area contributed by atoms with E-state index in [2.05, 4.69) is 48.5 Å². The molecule has 3 N–H and O–H groups in total. The predicted octanol–water partition coefficient (Wildman–Crippen LogP) is 2.66. The van der Waals surface area contributed by atoms with Crippen LogP contribution in [-0.2, 0) is 24.3 Å². The molecule has 0 spiro atoms. The Morgan fingerprint density at radius 3 is 2.79 bits per heavy atom. The molecular weight excluding hydrogens is 300 g/mol. The summed E-state index contributed by atoms with van der Waals surface area (Å²) in [5.74, 6) is 0.201. The molecule has 1 heterocycles. The zero-order chi connectivity index (χ0) is 17.1. The van der Waals surface area contributed by atoms with Gasteiger partial charge in [0.2, 0.25) is 5.91 Å². The van der Waals surface area contributed by atoms with Crippen molar-refractivity contribution in [3.63, 3.8) is 0 Å². The van der Waals surface area contributed by atoms with Gasteiger partial charge in [-0.25, -0.2) is 0 Å². The Hall–Kier alpha value is -2.14. The van der Waals surface area contributed by atoms with Crippen LogP contribution in [0.3, 0.4) is 0 Å². The minimum Gasteiger partial charge on any atom is -0.368 e. The first kappa shape index (κ1) is 16.7. The van der Waals surface area contributed by atoms with E-state index in [1.54, 1.807) is 4.68 Å². The van der Waals surface area contributed by atoms with Gasteiger partial charge >= 0.3 is 0 Å². The molecule has 1 aliphatic carbocycles. The molecule has 1 aromatic heterocycles. The molecule has 1 atom stereocenters. The molecule has 5 heteroatoms. The number of hydrogen-bond acceptors (Lipinski definition) is 3. The van der Waals surface area contributed by atoms with Crippen molar-refractivity contribution in [3.05, 3.63) is 52.8 Å². The third-order valence-corrected chi connectivity index (χ3v) is 4.66. The molecule has 1 aliphatic rings. The fraction of sp³-hybridized carbons (Fsp3) is 0.474. The molecule has 5 nitrogen and oxygen atoms in total. The number of amides is 1. The van der Waals surface area contributed by atoms with Crippen molar-refractivity contribution in [2.45, 2.75) is 58.2 Å². The van der Waals surface area contributed by atoms with E-state index in [4.69, 9.17) is 5.73 Å². The van der Waals surface area contributed by atoms with Crippen molar-refractivity contribution >= 4 is 5.91 Å². The average Bonchev–Trinajstić information content (AvgIpc) is 2.95. The highest BCUT2D eigenvalue weighted by molar-refractivity contribution is 5.73. The lowest BCUT2D eigenvalue weighted by molar-refractivity contribution is -0.118. The van der Waals surface area contributed by atoms with Crippen LogP contribution in [0.25, 0.3) is 0 Å². The van der Waals surface area contributed by atoms with E-state index >= 15 is 0 Å². The Kier molecular flexibility index (Phi) is 5.00. The Morgan fingerprint density at radius 1 is 1.38 bits per heavy atom. The third kappa shape index (κ3) is 3.85. The maximum absolute atomic E-state index is 11.1. The largest absolute Gasteiger partial charge is 0.368 e. The average molecular weight is 326 g/mol.